The molecule has 1 aromatic rings. The van der Waals surface area contributed by atoms with Crippen molar-refractivity contribution in [2.24, 2.45) is 0 Å². The summed E-state index contributed by atoms with van der Waals surface area (Å²) < 4.78 is 10.4. The topological polar surface area (TPSA) is 35.5 Å². The monoisotopic (exact) mass is 274 g/mol. The van der Waals surface area contributed by atoms with E-state index in [1.165, 1.54) is 7.11 Å². The number of fused-ring (bicyclic) bond motifs is 1. The first kappa shape index (κ1) is 12.5. The third-order valence-corrected chi connectivity index (χ3v) is 3.34. The molecule has 2 rings (SSSR count). The van der Waals surface area contributed by atoms with E-state index in [2.05, 4.69) is 0 Å². The van der Waals surface area contributed by atoms with Crippen LogP contribution in [0.4, 0.5) is 0 Å². The summed E-state index contributed by atoms with van der Waals surface area (Å²) in [5.41, 5.74) is 2.27. The SMILES string of the molecule is COC(=O)c1cc(CCl)cc2c1OC(CCl)C2. The van der Waals surface area contributed by atoms with Gasteiger partial charge in [-0.05, 0) is 17.2 Å². The zero-order chi connectivity index (χ0) is 12.4. The van der Waals surface area contributed by atoms with Crippen molar-refractivity contribution in [3.05, 3.63) is 28.8 Å². The van der Waals surface area contributed by atoms with E-state index < -0.39 is 5.97 Å². The maximum absolute atomic E-state index is 11.7. The summed E-state index contributed by atoms with van der Waals surface area (Å²) in [7, 11) is 1.34. The quantitative estimate of drug-likeness (QED) is 0.628. The zero-order valence-electron chi connectivity index (χ0n) is 9.33. The minimum Gasteiger partial charge on any atom is -0.488 e. The van der Waals surface area contributed by atoms with Crippen LogP contribution in [0.3, 0.4) is 0 Å². The van der Waals surface area contributed by atoms with Gasteiger partial charge in [-0.25, -0.2) is 4.79 Å². The molecule has 92 valence electrons. The van der Waals surface area contributed by atoms with Gasteiger partial charge in [0, 0.05) is 12.3 Å². The summed E-state index contributed by atoms with van der Waals surface area (Å²) in [6, 6.07) is 3.65. The van der Waals surface area contributed by atoms with Gasteiger partial charge >= 0.3 is 5.97 Å². The Balaban J connectivity index is 2.45. The van der Waals surface area contributed by atoms with Crippen LogP contribution >= 0.6 is 23.2 Å². The van der Waals surface area contributed by atoms with Gasteiger partial charge in [-0.2, -0.15) is 0 Å². The molecule has 1 atom stereocenters. The number of hydrogen-bond acceptors (Lipinski definition) is 3. The molecule has 0 saturated carbocycles. The Labute approximate surface area is 110 Å². The van der Waals surface area contributed by atoms with E-state index in [9.17, 15) is 4.79 Å². The van der Waals surface area contributed by atoms with Gasteiger partial charge in [0.1, 0.15) is 17.4 Å². The number of alkyl halides is 2. The fraction of sp³-hybridized carbons (Fsp3) is 0.417. The molecule has 1 aliphatic heterocycles. The first-order chi connectivity index (χ1) is 8.19. The molecule has 1 aliphatic rings. The predicted octanol–water partition coefficient (Wildman–Crippen LogP) is 2.75. The highest BCUT2D eigenvalue weighted by atomic mass is 35.5. The van der Waals surface area contributed by atoms with Crippen LogP contribution in [0.1, 0.15) is 21.5 Å². The van der Waals surface area contributed by atoms with Gasteiger partial charge in [0.15, 0.2) is 0 Å². The standard InChI is InChI=1S/C12H12Cl2O3/c1-16-12(15)10-3-7(5-13)2-8-4-9(6-14)17-11(8)10/h2-3,9H,4-6H2,1H3. The number of halogens is 2. The summed E-state index contributed by atoms with van der Waals surface area (Å²) in [5, 5.41) is 0. The van der Waals surface area contributed by atoms with Gasteiger partial charge < -0.3 is 9.47 Å². The lowest BCUT2D eigenvalue weighted by Crippen LogP contribution is -2.14. The van der Waals surface area contributed by atoms with Crippen LogP contribution in [0.5, 0.6) is 5.75 Å². The third kappa shape index (κ3) is 2.35. The van der Waals surface area contributed by atoms with E-state index in [0.717, 1.165) is 11.1 Å². The summed E-state index contributed by atoms with van der Waals surface area (Å²) in [6.45, 7) is 0. The summed E-state index contributed by atoms with van der Waals surface area (Å²) >= 11 is 11.6. The molecule has 1 unspecified atom stereocenters. The first-order valence-electron chi connectivity index (χ1n) is 5.22. The molecule has 17 heavy (non-hydrogen) atoms. The summed E-state index contributed by atoms with van der Waals surface area (Å²) in [5.74, 6) is 0.911. The molecule has 0 N–H and O–H groups in total. The minimum absolute atomic E-state index is 0.0827. The molecular weight excluding hydrogens is 263 g/mol. The molecule has 3 nitrogen and oxygen atoms in total. The molecule has 1 heterocycles. The van der Waals surface area contributed by atoms with Gasteiger partial charge in [0.25, 0.3) is 0 Å². The fourth-order valence-electron chi connectivity index (χ4n) is 1.92. The van der Waals surface area contributed by atoms with E-state index >= 15 is 0 Å². The van der Waals surface area contributed by atoms with Crippen molar-refractivity contribution in [3.8, 4) is 5.75 Å². The number of rotatable bonds is 3. The molecule has 0 saturated heterocycles. The summed E-state index contributed by atoms with van der Waals surface area (Å²) in [6.07, 6.45) is 0.619. The normalized spacial score (nSPS) is 17.5. The molecule has 1 aromatic carbocycles. The highest BCUT2D eigenvalue weighted by Gasteiger charge is 2.28. The fourth-order valence-corrected chi connectivity index (χ4v) is 2.25. The van der Waals surface area contributed by atoms with E-state index in [1.807, 2.05) is 6.07 Å². The number of methoxy groups -OCH3 is 1. The molecular formula is C12H12Cl2O3. The van der Waals surface area contributed by atoms with Gasteiger partial charge in [-0.1, -0.05) is 6.07 Å². The maximum atomic E-state index is 11.7. The Morgan fingerprint density at radius 3 is 2.88 bits per heavy atom. The highest BCUT2D eigenvalue weighted by molar-refractivity contribution is 6.18. The number of carbonyl (C=O) groups excluding carboxylic acids is 1. The molecule has 0 fully saturated rings. The Kier molecular flexibility index (Phi) is 3.79. The van der Waals surface area contributed by atoms with Crippen molar-refractivity contribution < 1.29 is 14.3 Å². The predicted molar refractivity (Wildman–Crippen MR) is 66.2 cm³/mol. The van der Waals surface area contributed by atoms with Crippen molar-refractivity contribution in [3.63, 3.8) is 0 Å². The highest BCUT2D eigenvalue weighted by Crippen LogP contribution is 2.35. The smallest absolute Gasteiger partial charge is 0.341 e. The van der Waals surface area contributed by atoms with Crippen molar-refractivity contribution in [1.82, 2.24) is 0 Å². The van der Waals surface area contributed by atoms with E-state index in [-0.39, 0.29) is 6.10 Å². The van der Waals surface area contributed by atoms with Crippen LogP contribution in [-0.2, 0) is 17.0 Å². The van der Waals surface area contributed by atoms with Crippen LogP contribution in [0.2, 0.25) is 0 Å². The molecule has 0 spiro atoms. The average molecular weight is 275 g/mol. The average Bonchev–Trinajstić information content (AvgIpc) is 2.79. The van der Waals surface area contributed by atoms with Gasteiger partial charge in [0.2, 0.25) is 0 Å². The van der Waals surface area contributed by atoms with Gasteiger partial charge in [0.05, 0.1) is 13.0 Å². The summed E-state index contributed by atoms with van der Waals surface area (Å²) in [4.78, 5) is 11.7. The molecule has 0 aromatic heterocycles. The van der Waals surface area contributed by atoms with Gasteiger partial charge in [-0.15, -0.1) is 23.2 Å². The molecule has 0 aliphatic carbocycles. The Morgan fingerprint density at radius 1 is 1.53 bits per heavy atom. The Hall–Kier alpha value is -0.930. The van der Waals surface area contributed by atoms with Crippen molar-refractivity contribution >= 4 is 29.2 Å². The second-order valence-electron chi connectivity index (χ2n) is 3.86. The molecule has 0 amide bonds. The van der Waals surface area contributed by atoms with Crippen LogP contribution in [-0.4, -0.2) is 25.1 Å². The lowest BCUT2D eigenvalue weighted by Gasteiger charge is -2.09. The molecule has 0 radical (unpaired) electrons. The van der Waals surface area contributed by atoms with E-state index in [1.54, 1.807) is 6.07 Å². The number of esters is 1. The largest absolute Gasteiger partial charge is 0.488 e. The van der Waals surface area contributed by atoms with Crippen molar-refractivity contribution in [2.75, 3.05) is 13.0 Å². The number of carbonyl (C=O) groups is 1. The van der Waals surface area contributed by atoms with E-state index in [4.69, 9.17) is 32.7 Å². The lowest BCUT2D eigenvalue weighted by molar-refractivity contribution is 0.0595. The zero-order valence-corrected chi connectivity index (χ0v) is 10.8. The minimum atomic E-state index is -0.413. The Morgan fingerprint density at radius 2 is 2.29 bits per heavy atom. The number of hydrogen-bond donors (Lipinski definition) is 0. The second kappa shape index (κ2) is 5.15. The maximum Gasteiger partial charge on any atom is 0.341 e. The lowest BCUT2D eigenvalue weighted by atomic mass is 10.0. The first-order valence-corrected chi connectivity index (χ1v) is 6.29. The van der Waals surface area contributed by atoms with Gasteiger partial charge in [-0.3, -0.25) is 0 Å². The van der Waals surface area contributed by atoms with Crippen LogP contribution in [0, 0.1) is 0 Å². The third-order valence-electron chi connectivity index (χ3n) is 2.69. The molecule has 5 heteroatoms. The Bertz CT molecular complexity index is 446. The van der Waals surface area contributed by atoms with Crippen molar-refractivity contribution in [2.45, 2.75) is 18.4 Å². The van der Waals surface area contributed by atoms with Crippen LogP contribution in [0.25, 0.3) is 0 Å². The molecule has 0 bridgehead atoms. The van der Waals surface area contributed by atoms with Crippen molar-refractivity contribution in [1.29, 1.82) is 0 Å². The number of benzene rings is 1. The van der Waals surface area contributed by atoms with Crippen LogP contribution < -0.4 is 4.74 Å². The second-order valence-corrected chi connectivity index (χ2v) is 4.43. The van der Waals surface area contributed by atoms with Crippen LogP contribution in [0.15, 0.2) is 12.1 Å². The van der Waals surface area contributed by atoms with E-state index in [0.29, 0.717) is 29.5 Å². The number of ether oxygens (including phenoxy) is 2.